The van der Waals surface area contributed by atoms with Crippen molar-refractivity contribution in [3.05, 3.63) is 34.1 Å². The van der Waals surface area contributed by atoms with Crippen LogP contribution in [0.5, 0.6) is 0 Å². The van der Waals surface area contributed by atoms with Gasteiger partial charge in [-0.1, -0.05) is 46.1 Å². The number of rotatable bonds is 4. The van der Waals surface area contributed by atoms with Crippen LogP contribution in [-0.4, -0.2) is 16.2 Å². The predicted octanol–water partition coefficient (Wildman–Crippen LogP) is 3.87. The summed E-state index contributed by atoms with van der Waals surface area (Å²) in [4.78, 5) is 4.48. The minimum absolute atomic E-state index is 0.130. The molecule has 1 aliphatic rings. The van der Waals surface area contributed by atoms with Crippen LogP contribution < -0.4 is 5.73 Å². The molecule has 3 rings (SSSR count). The zero-order valence-corrected chi connectivity index (χ0v) is 13.8. The molecule has 1 aromatic heterocycles. The van der Waals surface area contributed by atoms with Crippen molar-refractivity contribution in [2.75, 3.05) is 0 Å². The lowest BCUT2D eigenvalue weighted by Crippen LogP contribution is -2.30. The van der Waals surface area contributed by atoms with Crippen molar-refractivity contribution in [2.45, 2.75) is 45.1 Å². The Morgan fingerprint density at radius 2 is 2.14 bits per heavy atom. The van der Waals surface area contributed by atoms with Crippen molar-refractivity contribution in [1.82, 2.24) is 10.1 Å². The van der Waals surface area contributed by atoms with Gasteiger partial charge in [0.15, 0.2) is 0 Å². The van der Waals surface area contributed by atoms with E-state index in [4.69, 9.17) is 10.3 Å². The van der Waals surface area contributed by atoms with Gasteiger partial charge in [-0.3, -0.25) is 0 Å². The average Bonchev–Trinajstić information content (AvgIpc) is 3.12. The van der Waals surface area contributed by atoms with Gasteiger partial charge in [0.25, 0.3) is 0 Å². The van der Waals surface area contributed by atoms with E-state index in [-0.39, 0.29) is 6.04 Å². The molecule has 1 fully saturated rings. The van der Waals surface area contributed by atoms with E-state index in [1.165, 1.54) is 31.2 Å². The van der Waals surface area contributed by atoms with Gasteiger partial charge in [-0.15, -0.1) is 0 Å². The summed E-state index contributed by atoms with van der Waals surface area (Å²) in [6.07, 6.45) is 5.72. The maximum Gasteiger partial charge on any atom is 0.228 e. The van der Waals surface area contributed by atoms with Gasteiger partial charge >= 0.3 is 0 Å². The lowest BCUT2D eigenvalue weighted by molar-refractivity contribution is 0.341. The smallest absolute Gasteiger partial charge is 0.228 e. The molecule has 0 aliphatic heterocycles. The molecule has 1 heterocycles. The quantitative estimate of drug-likeness (QED) is 0.909. The molecule has 0 spiro atoms. The number of nitrogens with two attached hydrogens (primary N) is 1. The summed E-state index contributed by atoms with van der Waals surface area (Å²) >= 11 is 3.53. The second-order valence-corrected chi connectivity index (χ2v) is 6.74. The number of aromatic nitrogens is 2. The van der Waals surface area contributed by atoms with E-state index in [0.29, 0.717) is 24.1 Å². The van der Waals surface area contributed by atoms with Gasteiger partial charge in [-0.05, 0) is 37.3 Å². The highest BCUT2D eigenvalue weighted by molar-refractivity contribution is 9.10. The highest BCUT2D eigenvalue weighted by atomic mass is 79.9. The van der Waals surface area contributed by atoms with Crippen LogP contribution in [-0.2, 0) is 6.42 Å². The first kappa shape index (κ1) is 14.7. The van der Waals surface area contributed by atoms with Crippen molar-refractivity contribution in [2.24, 2.45) is 11.7 Å². The third kappa shape index (κ3) is 3.35. The average molecular weight is 350 g/mol. The molecule has 0 bridgehead atoms. The van der Waals surface area contributed by atoms with Crippen molar-refractivity contribution in [1.29, 1.82) is 0 Å². The molecule has 0 radical (unpaired) electrons. The molecule has 1 atom stereocenters. The summed E-state index contributed by atoms with van der Waals surface area (Å²) in [7, 11) is 0. The molecule has 2 N–H and O–H groups in total. The Bertz CT molecular complexity index is 620. The van der Waals surface area contributed by atoms with Crippen LogP contribution in [0.3, 0.4) is 0 Å². The Morgan fingerprint density at radius 1 is 1.38 bits per heavy atom. The minimum Gasteiger partial charge on any atom is -0.339 e. The first-order valence-electron chi connectivity index (χ1n) is 7.48. The Hall–Kier alpha value is -1.20. The number of benzene rings is 1. The van der Waals surface area contributed by atoms with Crippen molar-refractivity contribution >= 4 is 15.9 Å². The molecule has 4 nitrogen and oxygen atoms in total. The molecule has 2 aromatic rings. The maximum absolute atomic E-state index is 6.27. The Kier molecular flexibility index (Phi) is 4.40. The number of halogens is 1. The van der Waals surface area contributed by atoms with Crippen molar-refractivity contribution in [3.8, 4) is 11.4 Å². The highest BCUT2D eigenvalue weighted by Crippen LogP contribution is 2.28. The van der Waals surface area contributed by atoms with E-state index in [2.05, 4.69) is 33.0 Å². The standard InChI is InChI=1S/C16H20BrN3O/c1-10-6-7-12(8-13(10)17)16-19-15(21-20-16)9-14(18)11-4-2-3-5-11/h6-8,11,14H,2-5,9,18H2,1H3. The summed E-state index contributed by atoms with van der Waals surface area (Å²) in [6, 6.07) is 6.19. The fourth-order valence-electron chi connectivity index (χ4n) is 2.94. The van der Waals surface area contributed by atoms with Gasteiger partial charge in [0, 0.05) is 22.5 Å². The molecule has 1 saturated carbocycles. The van der Waals surface area contributed by atoms with E-state index in [1.807, 2.05) is 18.2 Å². The van der Waals surface area contributed by atoms with Gasteiger partial charge in [-0.25, -0.2) is 0 Å². The third-order valence-electron chi connectivity index (χ3n) is 4.31. The summed E-state index contributed by atoms with van der Waals surface area (Å²) in [6.45, 7) is 2.05. The predicted molar refractivity (Wildman–Crippen MR) is 85.8 cm³/mol. The minimum atomic E-state index is 0.130. The van der Waals surface area contributed by atoms with Crippen LogP contribution in [0.1, 0.15) is 37.1 Å². The molecular formula is C16H20BrN3O. The second kappa shape index (κ2) is 6.28. The van der Waals surface area contributed by atoms with Gasteiger partial charge in [-0.2, -0.15) is 4.98 Å². The normalized spacial score (nSPS) is 17.3. The molecule has 0 amide bonds. The van der Waals surface area contributed by atoms with Crippen LogP contribution in [0.2, 0.25) is 0 Å². The van der Waals surface area contributed by atoms with E-state index in [0.717, 1.165) is 10.0 Å². The first-order valence-corrected chi connectivity index (χ1v) is 8.27. The van der Waals surface area contributed by atoms with Gasteiger partial charge in [0.05, 0.1) is 0 Å². The van der Waals surface area contributed by atoms with Gasteiger partial charge < -0.3 is 10.3 Å². The van der Waals surface area contributed by atoms with E-state index in [1.54, 1.807) is 0 Å². The fourth-order valence-corrected chi connectivity index (χ4v) is 3.32. The number of hydrogen-bond donors (Lipinski definition) is 1. The lowest BCUT2D eigenvalue weighted by atomic mass is 9.96. The number of aryl methyl sites for hydroxylation is 1. The highest BCUT2D eigenvalue weighted by Gasteiger charge is 2.24. The molecule has 0 saturated heterocycles. The fraction of sp³-hybridized carbons (Fsp3) is 0.500. The Labute approximate surface area is 133 Å². The maximum atomic E-state index is 6.27. The van der Waals surface area contributed by atoms with Crippen LogP contribution >= 0.6 is 15.9 Å². The van der Waals surface area contributed by atoms with Gasteiger partial charge in [0.1, 0.15) is 0 Å². The zero-order valence-electron chi connectivity index (χ0n) is 12.2. The molecular weight excluding hydrogens is 330 g/mol. The molecule has 5 heteroatoms. The summed E-state index contributed by atoms with van der Waals surface area (Å²) in [5, 5.41) is 4.07. The third-order valence-corrected chi connectivity index (χ3v) is 5.17. The molecule has 112 valence electrons. The molecule has 1 unspecified atom stereocenters. The topological polar surface area (TPSA) is 64.9 Å². The van der Waals surface area contributed by atoms with Crippen LogP contribution in [0, 0.1) is 12.8 Å². The van der Waals surface area contributed by atoms with Crippen molar-refractivity contribution < 1.29 is 4.52 Å². The number of nitrogens with zero attached hydrogens (tertiary/aromatic N) is 2. The van der Waals surface area contributed by atoms with Crippen LogP contribution in [0.25, 0.3) is 11.4 Å². The zero-order chi connectivity index (χ0) is 14.8. The molecule has 1 aromatic carbocycles. The van der Waals surface area contributed by atoms with Crippen LogP contribution in [0.15, 0.2) is 27.2 Å². The monoisotopic (exact) mass is 349 g/mol. The summed E-state index contributed by atoms with van der Waals surface area (Å²) in [5.41, 5.74) is 8.41. The first-order chi connectivity index (χ1) is 10.1. The van der Waals surface area contributed by atoms with Crippen LogP contribution in [0.4, 0.5) is 0 Å². The molecule has 1 aliphatic carbocycles. The van der Waals surface area contributed by atoms with E-state index in [9.17, 15) is 0 Å². The largest absolute Gasteiger partial charge is 0.339 e. The summed E-state index contributed by atoms with van der Waals surface area (Å²) in [5.74, 6) is 1.87. The second-order valence-electron chi connectivity index (χ2n) is 5.89. The van der Waals surface area contributed by atoms with E-state index >= 15 is 0 Å². The lowest BCUT2D eigenvalue weighted by Gasteiger charge is -2.16. The van der Waals surface area contributed by atoms with Crippen molar-refractivity contribution in [3.63, 3.8) is 0 Å². The van der Waals surface area contributed by atoms with Gasteiger partial charge in [0.2, 0.25) is 11.7 Å². The SMILES string of the molecule is Cc1ccc(-c2noc(CC(N)C3CCCC3)n2)cc1Br. The number of hydrogen-bond acceptors (Lipinski definition) is 4. The van der Waals surface area contributed by atoms with E-state index < -0.39 is 0 Å². The summed E-state index contributed by atoms with van der Waals surface area (Å²) < 4.78 is 6.41. The Morgan fingerprint density at radius 3 is 2.86 bits per heavy atom. The Balaban J connectivity index is 1.72. The molecule has 21 heavy (non-hydrogen) atoms.